The topological polar surface area (TPSA) is 84.0 Å². The molecule has 2 fully saturated rings. The molecule has 0 amide bonds. The number of carbonyl (C=O) groups is 2. The van der Waals surface area contributed by atoms with Gasteiger partial charge in [0.25, 0.3) is 0 Å². The summed E-state index contributed by atoms with van der Waals surface area (Å²) in [5.74, 6) is 0. The molecule has 2 saturated heterocycles. The van der Waals surface area contributed by atoms with Crippen molar-refractivity contribution in [1.29, 1.82) is 0 Å². The van der Waals surface area contributed by atoms with Crippen LogP contribution >= 0.6 is 0 Å². The lowest BCUT2D eigenvalue weighted by Gasteiger charge is -2.30. The van der Waals surface area contributed by atoms with E-state index in [1.807, 2.05) is 36.4 Å². The summed E-state index contributed by atoms with van der Waals surface area (Å²) in [4.78, 5) is 33.2. The molecule has 20 rings (SSSR count). The van der Waals surface area contributed by atoms with Crippen molar-refractivity contribution in [2.75, 3.05) is 46.0 Å². The number of benzene rings is 16. The standard InChI is InChI=1S/C53H44N2O4.C49H36N2O2/c1-53(2)47-33-41(54(49-21-9-13-35-11-3-5-19-43(35)49)39-17-7-15-37(31-39)51-56-27-28-57-51)23-25-45(47)46-26-24-42(34-48(46)53)55(50-22-10-14-36-12-4-6-20-44(36)50)40-18-8-16-38(32-40)52-58-29-30-59-52;1-49(2)45-29-39(50(37-17-7-11-33(27-37)31-52)47-21-9-15-35-13-3-5-19-41(35)47)23-25-43(45)44-26-24-40(30-46(44)49)51(38-18-8-12-34(28-38)32-53)48-22-10-16-36-14-4-6-20-42(36)48/h3-26,31-34,51-52H,27-30H2,1-2H3;3-32H,1-2H3. The van der Waals surface area contributed by atoms with Gasteiger partial charge in [0.15, 0.2) is 12.6 Å². The molecule has 2 heterocycles. The van der Waals surface area contributed by atoms with Gasteiger partial charge in [-0.1, -0.05) is 246 Å². The molecular weight excluding hydrogens is 1380 g/mol. The molecule has 0 radical (unpaired) electrons. The zero-order valence-electron chi connectivity index (χ0n) is 62.7. The number of nitrogens with zero attached hydrogens (tertiary/aromatic N) is 4. The van der Waals surface area contributed by atoms with Gasteiger partial charge in [-0.25, -0.2) is 0 Å². The van der Waals surface area contributed by atoms with Crippen molar-refractivity contribution in [3.63, 3.8) is 0 Å². The summed E-state index contributed by atoms with van der Waals surface area (Å²) in [6.07, 6.45) is 1.07. The highest BCUT2D eigenvalue weighted by atomic mass is 16.7. The molecule has 2 aliphatic carbocycles. The minimum absolute atomic E-state index is 0.299. The molecule has 0 aromatic heterocycles. The second-order valence-electron chi connectivity index (χ2n) is 30.3. The van der Waals surface area contributed by atoms with Gasteiger partial charge in [0.05, 0.1) is 49.2 Å². The van der Waals surface area contributed by atoms with Gasteiger partial charge in [-0.3, -0.25) is 9.59 Å². The molecule has 4 aliphatic rings. The van der Waals surface area contributed by atoms with E-state index in [0.717, 1.165) is 113 Å². The maximum absolute atomic E-state index is 11.9. The molecular formula is C102H80N4O6. The maximum atomic E-state index is 11.9. The van der Waals surface area contributed by atoms with Gasteiger partial charge in [0, 0.05) is 100 Å². The molecule has 112 heavy (non-hydrogen) atoms. The average molecular weight is 1460 g/mol. The number of anilines is 12. The fourth-order valence-corrected chi connectivity index (χ4v) is 17.5. The van der Waals surface area contributed by atoms with Gasteiger partial charge < -0.3 is 38.5 Å². The van der Waals surface area contributed by atoms with Crippen molar-refractivity contribution in [3.8, 4) is 22.3 Å². The monoisotopic (exact) mass is 1460 g/mol. The van der Waals surface area contributed by atoms with Crippen LogP contribution in [0.2, 0.25) is 0 Å². The lowest BCUT2D eigenvalue weighted by atomic mass is 9.82. The first-order valence-corrected chi connectivity index (χ1v) is 38.4. The highest BCUT2D eigenvalue weighted by Gasteiger charge is 2.40. The van der Waals surface area contributed by atoms with Gasteiger partial charge in [-0.15, -0.1) is 0 Å². The Kier molecular flexibility index (Phi) is 17.8. The number of ether oxygens (including phenoxy) is 4. The second-order valence-corrected chi connectivity index (χ2v) is 30.3. The first-order chi connectivity index (χ1) is 54.9. The van der Waals surface area contributed by atoms with Crippen LogP contribution in [0, 0.1) is 0 Å². The van der Waals surface area contributed by atoms with Gasteiger partial charge in [0.1, 0.15) is 12.6 Å². The summed E-state index contributed by atoms with van der Waals surface area (Å²) in [7, 11) is 0. The molecule has 544 valence electrons. The van der Waals surface area contributed by atoms with Gasteiger partial charge in [-0.05, 0) is 187 Å². The van der Waals surface area contributed by atoms with Crippen molar-refractivity contribution < 1.29 is 28.5 Å². The predicted octanol–water partition coefficient (Wildman–Crippen LogP) is 26.2. The van der Waals surface area contributed by atoms with Crippen molar-refractivity contribution in [3.05, 3.63) is 384 Å². The van der Waals surface area contributed by atoms with E-state index >= 15 is 0 Å². The maximum Gasteiger partial charge on any atom is 0.184 e. The van der Waals surface area contributed by atoms with E-state index in [4.69, 9.17) is 18.9 Å². The van der Waals surface area contributed by atoms with Crippen LogP contribution in [0.25, 0.3) is 65.3 Å². The number of hydrogen-bond donors (Lipinski definition) is 0. The van der Waals surface area contributed by atoms with Crippen LogP contribution in [-0.2, 0) is 29.8 Å². The van der Waals surface area contributed by atoms with Crippen LogP contribution in [0.15, 0.2) is 340 Å². The first-order valence-electron chi connectivity index (χ1n) is 38.4. The van der Waals surface area contributed by atoms with E-state index in [2.05, 4.69) is 351 Å². The van der Waals surface area contributed by atoms with Crippen LogP contribution in [0.3, 0.4) is 0 Å². The SMILES string of the molecule is CC1(C)c2cc(N(c3cccc(C4OCCO4)c3)c3cccc4ccccc34)ccc2-c2ccc(N(c3cccc(C4OCCO4)c3)c3cccc4ccccc34)cc21.CC1(C)c2cc(N(c3cccc(C=O)c3)c3cccc4ccccc34)ccc2-c2ccc(N(c3cccc(C=O)c3)c3cccc4ccccc34)cc21. The third-order valence-electron chi connectivity index (χ3n) is 22.9. The zero-order chi connectivity index (χ0) is 75.6. The van der Waals surface area contributed by atoms with Crippen LogP contribution in [-0.4, -0.2) is 39.0 Å². The summed E-state index contributed by atoms with van der Waals surface area (Å²) in [5.41, 5.74) is 25.1. The Morgan fingerprint density at radius 3 is 0.786 bits per heavy atom. The van der Waals surface area contributed by atoms with E-state index in [9.17, 15) is 9.59 Å². The molecule has 0 N–H and O–H groups in total. The van der Waals surface area contributed by atoms with Crippen LogP contribution in [0.4, 0.5) is 68.2 Å². The fraction of sp³-hybridized carbons (Fsp3) is 0.118. The Hall–Kier alpha value is -13.1. The molecule has 0 unspecified atom stereocenters. The summed E-state index contributed by atoms with van der Waals surface area (Å²) in [6.45, 7) is 11.7. The molecule has 16 aromatic rings. The van der Waals surface area contributed by atoms with E-state index < -0.39 is 0 Å². The van der Waals surface area contributed by atoms with Crippen molar-refractivity contribution in [2.24, 2.45) is 0 Å². The number of carbonyl (C=O) groups excluding carboxylic acids is 2. The Bertz CT molecular complexity index is 5970. The Morgan fingerprint density at radius 2 is 0.500 bits per heavy atom. The van der Waals surface area contributed by atoms with Gasteiger partial charge in [0.2, 0.25) is 0 Å². The highest BCUT2D eigenvalue weighted by Crippen LogP contribution is 2.56. The quantitative estimate of drug-likeness (QED) is 0.0872. The summed E-state index contributed by atoms with van der Waals surface area (Å²) in [5, 5.41) is 9.32. The molecule has 10 nitrogen and oxygen atoms in total. The summed E-state index contributed by atoms with van der Waals surface area (Å²) >= 11 is 0. The minimum Gasteiger partial charge on any atom is -0.346 e. The zero-order valence-corrected chi connectivity index (χ0v) is 62.7. The third-order valence-corrected chi connectivity index (χ3v) is 22.9. The Labute approximate surface area is 652 Å². The van der Waals surface area contributed by atoms with Crippen molar-refractivity contribution in [1.82, 2.24) is 0 Å². The molecule has 0 spiro atoms. The summed E-state index contributed by atoms with van der Waals surface area (Å²) in [6, 6.07) is 120. The lowest BCUT2D eigenvalue weighted by molar-refractivity contribution is -0.0442. The van der Waals surface area contributed by atoms with E-state index in [1.165, 1.54) is 66.1 Å². The smallest absolute Gasteiger partial charge is 0.184 e. The number of fused-ring (bicyclic) bond motifs is 10. The van der Waals surface area contributed by atoms with Gasteiger partial charge >= 0.3 is 0 Å². The summed E-state index contributed by atoms with van der Waals surface area (Å²) < 4.78 is 23.8. The van der Waals surface area contributed by atoms with Crippen LogP contribution in [0.1, 0.15) is 94.4 Å². The van der Waals surface area contributed by atoms with E-state index in [1.54, 1.807) is 0 Å². The van der Waals surface area contributed by atoms with Gasteiger partial charge in [-0.2, -0.15) is 0 Å². The van der Waals surface area contributed by atoms with Crippen molar-refractivity contribution >= 4 is 124 Å². The largest absolute Gasteiger partial charge is 0.346 e. The third kappa shape index (κ3) is 12.3. The van der Waals surface area contributed by atoms with Crippen LogP contribution in [0.5, 0.6) is 0 Å². The Balaban J connectivity index is 0.000000152. The van der Waals surface area contributed by atoms with Crippen LogP contribution < -0.4 is 19.6 Å². The normalized spacial score (nSPS) is 14.5. The lowest BCUT2D eigenvalue weighted by Crippen LogP contribution is -2.18. The van der Waals surface area contributed by atoms with E-state index in [0.29, 0.717) is 37.6 Å². The predicted molar refractivity (Wildman–Crippen MR) is 457 cm³/mol. The average Bonchev–Trinajstić information content (AvgIpc) is 1.57. The van der Waals surface area contributed by atoms with Crippen molar-refractivity contribution in [2.45, 2.75) is 51.1 Å². The first kappa shape index (κ1) is 69.4. The number of rotatable bonds is 16. The minimum atomic E-state index is -0.368. The number of hydrogen-bond acceptors (Lipinski definition) is 10. The molecule has 2 aliphatic heterocycles. The number of aldehydes is 2. The Morgan fingerprint density at radius 1 is 0.259 bits per heavy atom. The fourth-order valence-electron chi connectivity index (χ4n) is 17.5. The highest BCUT2D eigenvalue weighted by molar-refractivity contribution is 6.04. The molecule has 0 bridgehead atoms. The van der Waals surface area contributed by atoms with E-state index in [-0.39, 0.29) is 23.4 Å². The molecule has 0 saturated carbocycles. The molecule has 16 aromatic carbocycles. The second kappa shape index (κ2) is 28.7. The molecule has 10 heteroatoms. The molecule has 0 atom stereocenters.